The first-order valence-electron chi connectivity index (χ1n) is 7.06. The Hall–Kier alpha value is -1.70. The van der Waals surface area contributed by atoms with Gasteiger partial charge in [-0.2, -0.15) is 9.97 Å². The van der Waals surface area contributed by atoms with Gasteiger partial charge in [-0.05, 0) is 24.6 Å². The van der Waals surface area contributed by atoms with Crippen LogP contribution in [0, 0.1) is 0 Å². The van der Waals surface area contributed by atoms with Crippen molar-refractivity contribution in [3.63, 3.8) is 0 Å². The molecular formula is C13H19N7S. The van der Waals surface area contributed by atoms with Crippen LogP contribution in [0.1, 0.15) is 50.2 Å². The molecule has 0 aromatic carbocycles. The predicted molar refractivity (Wildman–Crippen MR) is 80.7 cm³/mol. The number of H-pyrrole nitrogens is 1. The maximum Gasteiger partial charge on any atom is 0.229 e. The molecule has 112 valence electrons. The molecule has 0 bridgehead atoms. The van der Waals surface area contributed by atoms with Crippen LogP contribution >= 0.6 is 11.8 Å². The molecule has 0 saturated heterocycles. The topological polar surface area (TPSA) is 83.5 Å². The highest BCUT2D eigenvalue weighted by molar-refractivity contribution is 7.99. The normalized spacial score (nSPS) is 14.7. The second-order valence-corrected chi connectivity index (χ2v) is 6.64. The zero-order valence-electron chi connectivity index (χ0n) is 12.7. The van der Waals surface area contributed by atoms with Gasteiger partial charge >= 0.3 is 0 Å². The number of hydrogen-bond donors (Lipinski definition) is 1. The molecule has 21 heavy (non-hydrogen) atoms. The lowest BCUT2D eigenvalue weighted by Crippen LogP contribution is -2.15. The van der Waals surface area contributed by atoms with Crippen LogP contribution in [0.3, 0.4) is 0 Å². The summed E-state index contributed by atoms with van der Waals surface area (Å²) in [6.07, 6.45) is 2.40. The molecule has 0 amide bonds. The van der Waals surface area contributed by atoms with Gasteiger partial charge in [0.15, 0.2) is 0 Å². The quantitative estimate of drug-likeness (QED) is 0.906. The largest absolute Gasteiger partial charge is 0.347 e. The van der Waals surface area contributed by atoms with Gasteiger partial charge in [-0.15, -0.1) is 5.10 Å². The lowest BCUT2D eigenvalue weighted by Gasteiger charge is -2.13. The molecule has 0 unspecified atom stereocenters. The van der Waals surface area contributed by atoms with E-state index in [0.29, 0.717) is 22.2 Å². The van der Waals surface area contributed by atoms with E-state index < -0.39 is 0 Å². The molecule has 1 N–H and O–H groups in total. The molecule has 0 radical (unpaired) electrons. The van der Waals surface area contributed by atoms with Crippen molar-refractivity contribution in [2.24, 2.45) is 0 Å². The van der Waals surface area contributed by atoms with Gasteiger partial charge in [0.1, 0.15) is 11.6 Å². The van der Waals surface area contributed by atoms with Gasteiger partial charge in [-0.25, -0.2) is 9.97 Å². The van der Waals surface area contributed by atoms with Crippen LogP contribution in [0.5, 0.6) is 0 Å². The fourth-order valence-electron chi connectivity index (χ4n) is 1.79. The summed E-state index contributed by atoms with van der Waals surface area (Å²) in [5.74, 6) is 3.24. The monoisotopic (exact) mass is 305 g/mol. The van der Waals surface area contributed by atoms with E-state index >= 15 is 0 Å². The maximum absolute atomic E-state index is 4.50. The molecule has 2 heterocycles. The Morgan fingerprint density at radius 3 is 2.48 bits per heavy atom. The summed E-state index contributed by atoms with van der Waals surface area (Å²) in [5.41, 5.74) is 0. The number of aromatic nitrogens is 6. The average molecular weight is 305 g/mol. The van der Waals surface area contributed by atoms with E-state index in [4.69, 9.17) is 0 Å². The summed E-state index contributed by atoms with van der Waals surface area (Å²) in [6, 6.07) is 0. The molecular weight excluding hydrogens is 286 g/mol. The minimum atomic E-state index is 0.250. The highest BCUT2D eigenvalue weighted by atomic mass is 32.2. The number of nitrogens with zero attached hydrogens (tertiary/aromatic N) is 6. The Labute approximate surface area is 128 Å². The van der Waals surface area contributed by atoms with E-state index in [2.05, 4.69) is 44.0 Å². The number of aromatic amines is 1. The zero-order valence-corrected chi connectivity index (χ0v) is 13.5. The molecule has 8 heteroatoms. The van der Waals surface area contributed by atoms with Gasteiger partial charge in [0, 0.05) is 25.9 Å². The Kier molecular flexibility index (Phi) is 3.79. The third-order valence-corrected chi connectivity index (χ3v) is 3.90. The molecule has 0 aliphatic heterocycles. The molecule has 0 atom stereocenters. The first-order valence-corrected chi connectivity index (χ1v) is 7.88. The third kappa shape index (κ3) is 3.31. The van der Waals surface area contributed by atoms with Gasteiger partial charge in [0.2, 0.25) is 16.3 Å². The summed E-state index contributed by atoms with van der Waals surface area (Å²) in [5, 5.41) is 8.54. The summed E-state index contributed by atoms with van der Waals surface area (Å²) in [6.45, 7) is 4.14. The molecule has 1 aliphatic rings. The van der Waals surface area contributed by atoms with Crippen LogP contribution in [0.4, 0.5) is 5.95 Å². The first kappa shape index (κ1) is 14.2. The molecule has 1 aliphatic carbocycles. The van der Waals surface area contributed by atoms with Gasteiger partial charge in [0.05, 0.1) is 0 Å². The molecule has 0 spiro atoms. The summed E-state index contributed by atoms with van der Waals surface area (Å²) in [7, 11) is 3.85. The molecule has 3 rings (SSSR count). The first-order chi connectivity index (χ1) is 10.0. The van der Waals surface area contributed by atoms with Crippen molar-refractivity contribution in [3.05, 3.63) is 11.6 Å². The third-order valence-electron chi connectivity index (χ3n) is 3.17. The molecule has 2 aromatic rings. The smallest absolute Gasteiger partial charge is 0.229 e. The van der Waals surface area contributed by atoms with Gasteiger partial charge < -0.3 is 4.90 Å². The van der Waals surface area contributed by atoms with Crippen LogP contribution in [-0.2, 0) is 0 Å². The highest BCUT2D eigenvalue weighted by Crippen LogP contribution is 2.38. The Balaban J connectivity index is 1.85. The van der Waals surface area contributed by atoms with Gasteiger partial charge in [0.25, 0.3) is 0 Å². The zero-order chi connectivity index (χ0) is 15.0. The molecule has 1 saturated carbocycles. The lowest BCUT2D eigenvalue weighted by atomic mass is 10.2. The summed E-state index contributed by atoms with van der Waals surface area (Å²) < 4.78 is 0. The van der Waals surface area contributed by atoms with E-state index in [1.165, 1.54) is 24.6 Å². The van der Waals surface area contributed by atoms with Crippen LogP contribution in [0.15, 0.2) is 10.3 Å². The molecule has 1 fully saturated rings. The van der Waals surface area contributed by atoms with Crippen LogP contribution in [-0.4, -0.2) is 44.2 Å². The predicted octanol–water partition coefficient (Wildman–Crippen LogP) is 2.21. The van der Waals surface area contributed by atoms with E-state index in [-0.39, 0.29) is 5.92 Å². The molecule has 2 aromatic heterocycles. The lowest BCUT2D eigenvalue weighted by molar-refractivity contribution is 0.715. The summed E-state index contributed by atoms with van der Waals surface area (Å²) >= 11 is 1.37. The standard InChI is InChI=1S/C13H19N7S/c1-7(2)9-14-11(20(3)4)17-12(15-9)21-13-16-10(18-19-13)8-5-6-8/h7-8H,5-6H2,1-4H3,(H,16,18,19). The van der Waals surface area contributed by atoms with Crippen molar-refractivity contribution in [1.82, 2.24) is 30.1 Å². The average Bonchev–Trinajstić information content (AvgIpc) is 3.19. The highest BCUT2D eigenvalue weighted by Gasteiger charge is 2.27. The van der Waals surface area contributed by atoms with Crippen molar-refractivity contribution >= 4 is 17.7 Å². The minimum Gasteiger partial charge on any atom is -0.347 e. The van der Waals surface area contributed by atoms with E-state index in [0.717, 1.165) is 11.6 Å². The van der Waals surface area contributed by atoms with Crippen LogP contribution in [0.2, 0.25) is 0 Å². The Morgan fingerprint density at radius 2 is 1.86 bits per heavy atom. The van der Waals surface area contributed by atoms with Crippen LogP contribution in [0.25, 0.3) is 0 Å². The fourth-order valence-corrected chi connectivity index (χ4v) is 2.45. The van der Waals surface area contributed by atoms with E-state index in [1.807, 2.05) is 19.0 Å². The second kappa shape index (κ2) is 5.59. The van der Waals surface area contributed by atoms with Crippen molar-refractivity contribution < 1.29 is 0 Å². The van der Waals surface area contributed by atoms with Crippen molar-refractivity contribution in [2.75, 3.05) is 19.0 Å². The van der Waals surface area contributed by atoms with Crippen molar-refractivity contribution in [1.29, 1.82) is 0 Å². The van der Waals surface area contributed by atoms with Crippen molar-refractivity contribution in [2.45, 2.75) is 48.8 Å². The van der Waals surface area contributed by atoms with Crippen LogP contribution < -0.4 is 4.90 Å². The number of nitrogens with one attached hydrogen (secondary N) is 1. The van der Waals surface area contributed by atoms with Crippen molar-refractivity contribution in [3.8, 4) is 0 Å². The van der Waals surface area contributed by atoms with Gasteiger partial charge in [-0.3, -0.25) is 5.10 Å². The van der Waals surface area contributed by atoms with Gasteiger partial charge in [-0.1, -0.05) is 13.8 Å². The SMILES string of the molecule is CC(C)c1nc(Sc2n[nH]c(C3CC3)n2)nc(N(C)C)n1. The van der Waals surface area contributed by atoms with E-state index in [1.54, 1.807) is 0 Å². The number of rotatable bonds is 5. The maximum atomic E-state index is 4.50. The Morgan fingerprint density at radius 1 is 1.10 bits per heavy atom. The minimum absolute atomic E-state index is 0.250. The summed E-state index contributed by atoms with van der Waals surface area (Å²) in [4.78, 5) is 19.8. The second-order valence-electron chi connectivity index (χ2n) is 5.70. The van der Waals surface area contributed by atoms with E-state index in [9.17, 15) is 0 Å². The Bertz CT molecular complexity index is 607. The fraction of sp³-hybridized carbons (Fsp3) is 0.615. The number of hydrogen-bond acceptors (Lipinski definition) is 7. The number of anilines is 1. The molecule has 7 nitrogen and oxygen atoms in total.